The molecule has 2 aliphatic rings. The van der Waals surface area contributed by atoms with Crippen molar-refractivity contribution in [2.75, 3.05) is 18.4 Å². The van der Waals surface area contributed by atoms with Crippen LogP contribution >= 0.6 is 22.7 Å². The number of hydrogen-bond acceptors (Lipinski definition) is 6. The second kappa shape index (κ2) is 6.85. The highest BCUT2D eigenvalue weighted by atomic mass is 32.1. The molecular formula is C18H19N3O3S2. The van der Waals surface area contributed by atoms with Crippen molar-refractivity contribution in [3.8, 4) is 0 Å². The number of aromatic nitrogens is 1. The van der Waals surface area contributed by atoms with Gasteiger partial charge in [-0.05, 0) is 11.4 Å². The van der Waals surface area contributed by atoms with E-state index >= 15 is 0 Å². The fraction of sp³-hybridized carbons (Fsp3) is 0.389. The second-order valence-electron chi connectivity index (χ2n) is 6.61. The lowest BCUT2D eigenvalue weighted by Crippen LogP contribution is -2.46. The zero-order valence-electron chi connectivity index (χ0n) is 14.4. The van der Waals surface area contributed by atoms with Crippen LogP contribution in [0, 0.1) is 0 Å². The number of piperidine rings is 1. The molecule has 6 nitrogen and oxygen atoms in total. The maximum atomic E-state index is 12.7. The van der Waals surface area contributed by atoms with Crippen LogP contribution < -0.4 is 5.32 Å². The van der Waals surface area contributed by atoms with Crippen molar-refractivity contribution in [3.63, 3.8) is 0 Å². The molecule has 0 radical (unpaired) electrons. The number of carbonyl (C=O) groups excluding carboxylic acids is 2. The van der Waals surface area contributed by atoms with E-state index in [1.54, 1.807) is 16.7 Å². The van der Waals surface area contributed by atoms with Crippen LogP contribution in [0.5, 0.6) is 0 Å². The van der Waals surface area contributed by atoms with Gasteiger partial charge < -0.3 is 15.0 Å². The van der Waals surface area contributed by atoms with Gasteiger partial charge in [-0.1, -0.05) is 6.07 Å². The number of hydrogen-bond donors (Lipinski definition) is 1. The van der Waals surface area contributed by atoms with Crippen molar-refractivity contribution < 1.29 is 14.3 Å². The third kappa shape index (κ3) is 3.39. The summed E-state index contributed by atoms with van der Waals surface area (Å²) in [4.78, 5) is 31.0. The number of carbonyl (C=O) groups is 2. The number of nitrogens with one attached hydrogen (secondary N) is 1. The number of thiophene rings is 1. The number of anilines is 1. The number of ether oxygens (including phenoxy) is 1. The van der Waals surface area contributed by atoms with Crippen LogP contribution in [-0.2, 0) is 9.53 Å². The average molecular weight is 390 g/mol. The third-order valence-electron chi connectivity index (χ3n) is 4.77. The van der Waals surface area contributed by atoms with Crippen molar-refractivity contribution in [2.24, 2.45) is 0 Å². The van der Waals surface area contributed by atoms with Gasteiger partial charge in [-0.15, -0.1) is 22.7 Å². The smallest absolute Gasteiger partial charge is 0.273 e. The molecule has 2 aliphatic heterocycles. The Balaban J connectivity index is 1.36. The summed E-state index contributed by atoms with van der Waals surface area (Å²) in [5, 5.41) is 6.84. The van der Waals surface area contributed by atoms with E-state index in [2.05, 4.69) is 27.8 Å². The normalized spacial score (nSPS) is 18.5. The zero-order chi connectivity index (χ0) is 18.1. The summed E-state index contributed by atoms with van der Waals surface area (Å²) < 4.78 is 6.05. The molecule has 0 saturated carbocycles. The van der Waals surface area contributed by atoms with Gasteiger partial charge in [0.1, 0.15) is 11.3 Å². The highest BCUT2D eigenvalue weighted by molar-refractivity contribution is 7.14. The first-order valence-corrected chi connectivity index (χ1v) is 10.2. The number of likely N-dealkylation sites (tertiary alicyclic amines) is 1. The van der Waals surface area contributed by atoms with Crippen molar-refractivity contribution >= 4 is 45.2 Å². The van der Waals surface area contributed by atoms with Crippen molar-refractivity contribution in [3.05, 3.63) is 39.7 Å². The number of rotatable bonds is 3. The molecule has 1 fully saturated rings. The Kier molecular flexibility index (Phi) is 4.54. The van der Waals surface area contributed by atoms with Gasteiger partial charge in [-0.2, -0.15) is 0 Å². The number of thiazole rings is 1. The van der Waals surface area contributed by atoms with E-state index < -0.39 is 0 Å². The monoisotopic (exact) mass is 389 g/mol. The minimum absolute atomic E-state index is 0.0860. The lowest BCUT2D eigenvalue weighted by Gasteiger charge is -2.38. The molecule has 2 amide bonds. The molecule has 0 unspecified atom stereocenters. The Hall–Kier alpha value is -2.19. The standard InChI is InChI=1S/C18H19N3O3S2/c1-12(22)19-17-20-14(11-26-17)16(23)21-6-4-18(5-7-21)9-13(10-24-18)15-3-2-8-25-15/h2-3,8,10-11H,4-7,9H2,1H3,(H,19,20,22). The molecule has 4 rings (SSSR count). The fourth-order valence-electron chi connectivity index (χ4n) is 3.39. The van der Waals surface area contributed by atoms with Gasteiger partial charge in [0.05, 0.1) is 6.26 Å². The van der Waals surface area contributed by atoms with Crippen molar-refractivity contribution in [1.29, 1.82) is 0 Å². The van der Waals surface area contributed by atoms with Crippen LogP contribution in [0.25, 0.3) is 5.57 Å². The largest absolute Gasteiger partial charge is 0.494 e. The molecule has 2 aromatic rings. The quantitative estimate of drug-likeness (QED) is 0.871. The van der Waals surface area contributed by atoms with Gasteiger partial charge >= 0.3 is 0 Å². The van der Waals surface area contributed by atoms with Crippen molar-refractivity contribution in [1.82, 2.24) is 9.88 Å². The first-order chi connectivity index (χ1) is 12.5. The minimum Gasteiger partial charge on any atom is -0.494 e. The average Bonchev–Trinajstić information content (AvgIpc) is 3.35. The summed E-state index contributed by atoms with van der Waals surface area (Å²) in [5.41, 5.74) is 1.46. The molecule has 26 heavy (non-hydrogen) atoms. The molecule has 0 atom stereocenters. The predicted octanol–water partition coefficient (Wildman–Crippen LogP) is 3.60. The summed E-state index contributed by atoms with van der Waals surface area (Å²) >= 11 is 2.99. The maximum Gasteiger partial charge on any atom is 0.273 e. The van der Waals surface area contributed by atoms with E-state index in [1.807, 2.05) is 11.2 Å². The van der Waals surface area contributed by atoms with Crippen LogP contribution in [0.2, 0.25) is 0 Å². The summed E-state index contributed by atoms with van der Waals surface area (Å²) in [6.45, 7) is 2.72. The molecule has 0 bridgehead atoms. The molecular weight excluding hydrogens is 370 g/mol. The van der Waals surface area contributed by atoms with Crippen LogP contribution in [0.3, 0.4) is 0 Å². The van der Waals surface area contributed by atoms with Crippen LogP contribution in [-0.4, -0.2) is 40.4 Å². The lowest BCUT2D eigenvalue weighted by molar-refractivity contribution is -0.114. The van der Waals surface area contributed by atoms with Gasteiger partial charge in [0.25, 0.3) is 5.91 Å². The molecule has 0 aliphatic carbocycles. The Morgan fingerprint density at radius 1 is 1.31 bits per heavy atom. The first-order valence-electron chi connectivity index (χ1n) is 8.48. The first kappa shape index (κ1) is 17.2. The van der Waals surface area contributed by atoms with E-state index in [9.17, 15) is 9.59 Å². The summed E-state index contributed by atoms with van der Waals surface area (Å²) in [6.07, 6.45) is 4.42. The highest BCUT2D eigenvalue weighted by Gasteiger charge is 2.41. The van der Waals surface area contributed by atoms with Crippen LogP contribution in [0.1, 0.15) is 41.6 Å². The summed E-state index contributed by atoms with van der Waals surface area (Å²) in [6, 6.07) is 4.17. The number of amides is 2. The number of nitrogens with zero attached hydrogens (tertiary/aromatic N) is 2. The fourth-order valence-corrected chi connectivity index (χ4v) is 4.85. The highest BCUT2D eigenvalue weighted by Crippen LogP contribution is 2.42. The second-order valence-corrected chi connectivity index (χ2v) is 8.42. The lowest BCUT2D eigenvalue weighted by atomic mass is 9.86. The van der Waals surface area contributed by atoms with E-state index in [-0.39, 0.29) is 17.4 Å². The Labute approximate surface area is 159 Å². The SMILES string of the molecule is CC(=O)Nc1nc(C(=O)N2CCC3(CC2)CC(c2cccs2)=CO3)cs1. The van der Waals surface area contributed by atoms with E-state index in [4.69, 9.17) is 4.74 Å². The molecule has 136 valence electrons. The van der Waals surface area contributed by atoms with Crippen LogP contribution in [0.15, 0.2) is 29.2 Å². The molecule has 4 heterocycles. The predicted molar refractivity (Wildman–Crippen MR) is 102 cm³/mol. The molecule has 0 aromatic carbocycles. The molecule has 8 heteroatoms. The Morgan fingerprint density at radius 2 is 2.12 bits per heavy atom. The van der Waals surface area contributed by atoms with E-state index in [0.29, 0.717) is 23.9 Å². The maximum absolute atomic E-state index is 12.7. The summed E-state index contributed by atoms with van der Waals surface area (Å²) in [5.74, 6) is -0.275. The molecule has 1 N–H and O–H groups in total. The molecule has 2 aromatic heterocycles. The van der Waals surface area contributed by atoms with Gasteiger partial charge in [-0.3, -0.25) is 9.59 Å². The van der Waals surface area contributed by atoms with E-state index in [0.717, 1.165) is 19.3 Å². The molecule has 1 spiro atoms. The van der Waals surface area contributed by atoms with Crippen molar-refractivity contribution in [2.45, 2.75) is 31.8 Å². The van der Waals surface area contributed by atoms with Gasteiger partial charge in [0.2, 0.25) is 5.91 Å². The Morgan fingerprint density at radius 3 is 2.81 bits per heavy atom. The third-order valence-corrected chi connectivity index (χ3v) is 6.47. The topological polar surface area (TPSA) is 71.5 Å². The Bertz CT molecular complexity index is 849. The molecule has 1 saturated heterocycles. The minimum atomic E-state index is -0.189. The zero-order valence-corrected chi connectivity index (χ0v) is 16.0. The van der Waals surface area contributed by atoms with Gasteiger partial charge in [0, 0.05) is 55.1 Å². The van der Waals surface area contributed by atoms with E-state index in [1.165, 1.54) is 28.7 Å². The van der Waals surface area contributed by atoms with Crippen LogP contribution in [0.4, 0.5) is 5.13 Å². The van der Waals surface area contributed by atoms with Gasteiger partial charge in [-0.25, -0.2) is 4.98 Å². The van der Waals surface area contributed by atoms with Gasteiger partial charge in [0.15, 0.2) is 5.13 Å². The summed E-state index contributed by atoms with van der Waals surface area (Å²) in [7, 11) is 0.